The molecule has 0 aliphatic heterocycles. The van der Waals surface area contributed by atoms with Gasteiger partial charge < -0.3 is 10.2 Å². The fourth-order valence-corrected chi connectivity index (χ4v) is 3.79. The highest BCUT2D eigenvalue weighted by molar-refractivity contribution is 7.15. The van der Waals surface area contributed by atoms with Crippen LogP contribution >= 0.6 is 11.3 Å². The van der Waals surface area contributed by atoms with E-state index in [1.54, 1.807) is 0 Å². The van der Waals surface area contributed by atoms with E-state index in [-0.39, 0.29) is 0 Å². The molecule has 0 spiro atoms. The predicted molar refractivity (Wildman–Crippen MR) is 93.4 cm³/mol. The van der Waals surface area contributed by atoms with Gasteiger partial charge in [0.2, 0.25) is 0 Å². The zero-order chi connectivity index (χ0) is 15.4. The van der Waals surface area contributed by atoms with Gasteiger partial charge in [0.15, 0.2) is 5.13 Å². The number of hydrogen-bond donors (Lipinski definition) is 1. The van der Waals surface area contributed by atoms with Gasteiger partial charge in [-0.15, -0.1) is 11.3 Å². The van der Waals surface area contributed by atoms with E-state index >= 15 is 0 Å². The van der Waals surface area contributed by atoms with E-state index in [2.05, 4.69) is 44.8 Å². The normalized spacial score (nSPS) is 15.2. The number of aromatic nitrogens is 1. The van der Waals surface area contributed by atoms with Gasteiger partial charge in [-0.2, -0.15) is 0 Å². The summed E-state index contributed by atoms with van der Waals surface area (Å²) in [5.74, 6) is 1.27. The number of rotatable bonds is 9. The maximum Gasteiger partial charge on any atom is 0.186 e. The lowest BCUT2D eigenvalue weighted by Crippen LogP contribution is -2.27. The van der Waals surface area contributed by atoms with Crippen LogP contribution in [0.4, 0.5) is 5.13 Å². The third kappa shape index (κ3) is 4.68. The van der Waals surface area contributed by atoms with Gasteiger partial charge in [-0.3, -0.25) is 0 Å². The Balaban J connectivity index is 2.15. The number of hydrogen-bond acceptors (Lipinski definition) is 4. The maximum atomic E-state index is 5.01. The lowest BCUT2D eigenvalue weighted by atomic mass is 10.1. The van der Waals surface area contributed by atoms with Gasteiger partial charge in [-0.1, -0.05) is 34.6 Å². The summed E-state index contributed by atoms with van der Waals surface area (Å²) in [6.07, 6.45) is 3.95. The largest absolute Gasteiger partial charge is 0.345 e. The van der Waals surface area contributed by atoms with Gasteiger partial charge in [-0.25, -0.2) is 4.98 Å². The molecule has 1 fully saturated rings. The van der Waals surface area contributed by atoms with Gasteiger partial charge >= 0.3 is 0 Å². The van der Waals surface area contributed by atoms with E-state index in [4.69, 9.17) is 4.98 Å². The molecule has 0 amide bonds. The number of thiazole rings is 1. The highest BCUT2D eigenvalue weighted by atomic mass is 32.1. The van der Waals surface area contributed by atoms with Gasteiger partial charge in [0.1, 0.15) is 0 Å². The molecule has 0 aromatic carbocycles. The molecule has 2 rings (SSSR count). The summed E-state index contributed by atoms with van der Waals surface area (Å²) < 4.78 is 0. The molecule has 0 atom stereocenters. The number of anilines is 1. The van der Waals surface area contributed by atoms with E-state index in [1.165, 1.54) is 35.0 Å². The lowest BCUT2D eigenvalue weighted by Gasteiger charge is -2.22. The van der Waals surface area contributed by atoms with Crippen molar-refractivity contribution in [3.8, 4) is 0 Å². The SMILES string of the molecule is CCNCc1sc(N(CCC(C)C)C2CC2)nc1C(C)C. The van der Waals surface area contributed by atoms with Gasteiger partial charge in [0.05, 0.1) is 5.69 Å². The third-order valence-electron chi connectivity index (χ3n) is 3.98. The van der Waals surface area contributed by atoms with Crippen molar-refractivity contribution in [2.75, 3.05) is 18.0 Å². The number of nitrogens with one attached hydrogen (secondary N) is 1. The molecular formula is C17H31N3S. The molecule has 1 saturated carbocycles. The molecule has 1 aliphatic carbocycles. The number of nitrogens with zero attached hydrogens (tertiary/aromatic N) is 2. The van der Waals surface area contributed by atoms with Crippen LogP contribution in [0.1, 0.15) is 70.4 Å². The Hall–Kier alpha value is -0.610. The van der Waals surface area contributed by atoms with Gasteiger partial charge in [0.25, 0.3) is 0 Å². The van der Waals surface area contributed by atoms with Crippen molar-refractivity contribution in [2.45, 2.75) is 72.4 Å². The Morgan fingerprint density at radius 3 is 2.52 bits per heavy atom. The van der Waals surface area contributed by atoms with Crippen molar-refractivity contribution in [3.63, 3.8) is 0 Å². The second-order valence-electron chi connectivity index (χ2n) is 6.85. The van der Waals surface area contributed by atoms with Crippen LogP contribution in [-0.2, 0) is 6.54 Å². The molecule has 3 nitrogen and oxygen atoms in total. The molecule has 0 saturated heterocycles. The first-order valence-corrected chi connectivity index (χ1v) is 9.31. The van der Waals surface area contributed by atoms with Crippen LogP contribution in [0.3, 0.4) is 0 Å². The van der Waals surface area contributed by atoms with E-state index in [9.17, 15) is 0 Å². The highest BCUT2D eigenvalue weighted by Gasteiger charge is 2.31. The second-order valence-corrected chi connectivity index (χ2v) is 7.91. The topological polar surface area (TPSA) is 28.2 Å². The molecule has 120 valence electrons. The highest BCUT2D eigenvalue weighted by Crippen LogP contribution is 2.37. The summed E-state index contributed by atoms with van der Waals surface area (Å²) in [7, 11) is 0. The van der Waals surface area contributed by atoms with Crippen molar-refractivity contribution >= 4 is 16.5 Å². The Kier molecular flexibility index (Phi) is 6.06. The van der Waals surface area contributed by atoms with E-state index in [0.29, 0.717) is 5.92 Å². The quantitative estimate of drug-likeness (QED) is 0.733. The van der Waals surface area contributed by atoms with Crippen LogP contribution in [0.2, 0.25) is 0 Å². The van der Waals surface area contributed by atoms with E-state index < -0.39 is 0 Å². The van der Waals surface area contributed by atoms with Crippen molar-refractivity contribution < 1.29 is 0 Å². The Morgan fingerprint density at radius 2 is 2.00 bits per heavy atom. The average molecular weight is 310 g/mol. The third-order valence-corrected chi connectivity index (χ3v) is 5.09. The molecule has 1 heterocycles. The average Bonchev–Trinajstić information content (AvgIpc) is 3.16. The summed E-state index contributed by atoms with van der Waals surface area (Å²) in [5.41, 5.74) is 1.30. The summed E-state index contributed by atoms with van der Waals surface area (Å²) in [6, 6.07) is 0.752. The standard InChI is InChI=1S/C17H31N3S/c1-6-18-11-15-16(13(4)5)19-17(21-15)20(14-7-8-14)10-9-12(2)3/h12-14,18H,6-11H2,1-5H3. The van der Waals surface area contributed by atoms with Crippen molar-refractivity contribution in [1.29, 1.82) is 0 Å². The second kappa shape index (κ2) is 7.59. The Bertz CT molecular complexity index is 435. The van der Waals surface area contributed by atoms with Crippen LogP contribution in [-0.4, -0.2) is 24.1 Å². The minimum atomic E-state index is 0.509. The molecule has 1 aromatic rings. The zero-order valence-electron chi connectivity index (χ0n) is 14.3. The van der Waals surface area contributed by atoms with Crippen LogP contribution in [0.25, 0.3) is 0 Å². The summed E-state index contributed by atoms with van der Waals surface area (Å²) in [6.45, 7) is 14.4. The Morgan fingerprint density at radius 1 is 1.29 bits per heavy atom. The summed E-state index contributed by atoms with van der Waals surface area (Å²) in [5, 5.41) is 4.72. The first kappa shape index (κ1) is 16.8. The van der Waals surface area contributed by atoms with E-state index in [1.807, 2.05) is 11.3 Å². The first-order chi connectivity index (χ1) is 10.0. The van der Waals surface area contributed by atoms with Crippen LogP contribution in [0, 0.1) is 5.92 Å². The molecule has 0 unspecified atom stereocenters. The molecular weight excluding hydrogens is 278 g/mol. The molecule has 21 heavy (non-hydrogen) atoms. The molecule has 4 heteroatoms. The van der Waals surface area contributed by atoms with Crippen LogP contribution in [0.15, 0.2) is 0 Å². The minimum Gasteiger partial charge on any atom is -0.345 e. The minimum absolute atomic E-state index is 0.509. The monoisotopic (exact) mass is 309 g/mol. The van der Waals surface area contributed by atoms with E-state index in [0.717, 1.165) is 31.6 Å². The lowest BCUT2D eigenvalue weighted by molar-refractivity contribution is 0.570. The van der Waals surface area contributed by atoms with Crippen molar-refractivity contribution in [2.24, 2.45) is 5.92 Å². The van der Waals surface area contributed by atoms with Crippen molar-refractivity contribution in [1.82, 2.24) is 10.3 Å². The summed E-state index contributed by atoms with van der Waals surface area (Å²) >= 11 is 1.91. The van der Waals surface area contributed by atoms with Gasteiger partial charge in [-0.05, 0) is 37.6 Å². The fraction of sp³-hybridized carbons (Fsp3) is 0.824. The van der Waals surface area contributed by atoms with Gasteiger partial charge in [0, 0.05) is 24.0 Å². The molecule has 0 bridgehead atoms. The Labute approximate surface area is 134 Å². The molecule has 1 N–H and O–H groups in total. The molecule has 0 radical (unpaired) electrons. The fourth-order valence-electron chi connectivity index (χ4n) is 2.51. The predicted octanol–water partition coefficient (Wildman–Crippen LogP) is 4.39. The molecule has 1 aliphatic rings. The molecule has 1 aromatic heterocycles. The first-order valence-electron chi connectivity index (χ1n) is 8.49. The summed E-state index contributed by atoms with van der Waals surface area (Å²) in [4.78, 5) is 9.01. The zero-order valence-corrected chi connectivity index (χ0v) is 15.1. The van der Waals surface area contributed by atoms with Crippen molar-refractivity contribution in [3.05, 3.63) is 10.6 Å². The maximum absolute atomic E-state index is 5.01. The van der Waals surface area contributed by atoms with Crippen LogP contribution < -0.4 is 10.2 Å². The smallest absolute Gasteiger partial charge is 0.186 e. The van der Waals surface area contributed by atoms with Crippen LogP contribution in [0.5, 0.6) is 0 Å².